The Balaban J connectivity index is 0.000000138. The van der Waals surface area contributed by atoms with E-state index in [2.05, 4.69) is 51.2 Å². The molecular formula is C31H20FN9O. The largest absolute Gasteiger partial charge is 0.463 e. The second-order valence-corrected chi connectivity index (χ2v) is 9.17. The van der Waals surface area contributed by atoms with Crippen molar-refractivity contribution in [2.24, 2.45) is 0 Å². The van der Waals surface area contributed by atoms with E-state index in [1.54, 1.807) is 37.0 Å². The molecule has 7 heterocycles. The number of nitrogens with one attached hydrogen (secondary N) is 2. The minimum absolute atomic E-state index is 0.308. The molecule has 8 rings (SSSR count). The molecule has 0 aliphatic carbocycles. The Labute approximate surface area is 237 Å². The van der Waals surface area contributed by atoms with Crippen molar-refractivity contribution in [1.82, 2.24) is 45.1 Å². The molecule has 2 N–H and O–H groups in total. The highest BCUT2D eigenvalue weighted by atomic mass is 19.1. The first-order valence-electron chi connectivity index (χ1n) is 12.9. The molecule has 0 unspecified atom stereocenters. The van der Waals surface area contributed by atoms with Crippen molar-refractivity contribution < 1.29 is 8.81 Å². The first-order chi connectivity index (χ1) is 20.7. The van der Waals surface area contributed by atoms with E-state index in [4.69, 9.17) is 4.42 Å². The molecule has 0 aliphatic rings. The number of aromatic nitrogens is 9. The number of rotatable bonds is 4. The second kappa shape index (κ2) is 10.8. The van der Waals surface area contributed by atoms with Crippen LogP contribution in [0.15, 0.2) is 115 Å². The summed E-state index contributed by atoms with van der Waals surface area (Å²) in [6, 6.07) is 19.7. The number of fused-ring (bicyclic) bond motifs is 2. The number of furan rings is 1. The Hall–Kier alpha value is -6.10. The van der Waals surface area contributed by atoms with Gasteiger partial charge in [-0.05, 0) is 54.6 Å². The van der Waals surface area contributed by atoms with Gasteiger partial charge < -0.3 is 9.40 Å². The number of halogens is 1. The van der Waals surface area contributed by atoms with E-state index in [1.807, 2.05) is 42.6 Å². The molecule has 10 nitrogen and oxygen atoms in total. The third-order valence-corrected chi connectivity index (χ3v) is 6.53. The molecule has 7 aromatic heterocycles. The minimum Gasteiger partial charge on any atom is -0.463 e. The quantitative estimate of drug-likeness (QED) is 0.252. The van der Waals surface area contributed by atoms with Gasteiger partial charge in [0.2, 0.25) is 0 Å². The molecule has 0 spiro atoms. The Morgan fingerprint density at radius 3 is 2.19 bits per heavy atom. The molecule has 0 saturated carbocycles. The molecule has 0 bridgehead atoms. The normalized spacial score (nSPS) is 11.0. The summed E-state index contributed by atoms with van der Waals surface area (Å²) in [5, 5.41) is 8.73. The molecule has 42 heavy (non-hydrogen) atoms. The van der Waals surface area contributed by atoms with Crippen molar-refractivity contribution in [3.8, 4) is 45.2 Å². The Morgan fingerprint density at radius 1 is 0.714 bits per heavy atom. The molecule has 8 aromatic rings. The standard InChI is InChI=1S/C16H10FN5.C15H10N4O/c17-12-3-1-2-10(6-12)15-13(14-4-5-18-9-19-14)7-11-8-20-22-16(11)21-15;1-2-13(20-7-1)14-11(12-4-5-16-9-18-12)8-10-3-6-17-15(10)19-14/h1-9H,(H,20,21,22);1-9H,(H,17,19). The third kappa shape index (κ3) is 4.86. The SMILES string of the molecule is Fc1cccc(-c2nc3[nH]ncc3cc2-c2ccncn2)c1.c1coc(-c2nc3[nH]ccc3cc2-c2ccncn2)c1. The van der Waals surface area contributed by atoms with Gasteiger partial charge in [-0.2, -0.15) is 5.10 Å². The molecule has 0 radical (unpaired) electrons. The van der Waals surface area contributed by atoms with Crippen LogP contribution in [0.1, 0.15) is 0 Å². The lowest BCUT2D eigenvalue weighted by atomic mass is 10.0. The second-order valence-electron chi connectivity index (χ2n) is 9.17. The molecule has 0 fully saturated rings. The molecule has 0 amide bonds. The summed E-state index contributed by atoms with van der Waals surface area (Å²) in [4.78, 5) is 28.8. The summed E-state index contributed by atoms with van der Waals surface area (Å²) in [5.41, 5.74) is 6.86. The van der Waals surface area contributed by atoms with Crippen molar-refractivity contribution in [1.29, 1.82) is 0 Å². The van der Waals surface area contributed by atoms with Gasteiger partial charge in [-0.25, -0.2) is 34.3 Å². The van der Waals surface area contributed by atoms with Crippen molar-refractivity contribution in [3.05, 3.63) is 116 Å². The number of benzene rings is 1. The molecular weight excluding hydrogens is 533 g/mol. The maximum atomic E-state index is 13.6. The highest BCUT2D eigenvalue weighted by Gasteiger charge is 2.15. The van der Waals surface area contributed by atoms with Gasteiger partial charge >= 0.3 is 0 Å². The van der Waals surface area contributed by atoms with Gasteiger partial charge in [-0.1, -0.05) is 12.1 Å². The predicted octanol–water partition coefficient (Wildman–Crippen LogP) is 6.50. The molecule has 0 saturated heterocycles. The van der Waals surface area contributed by atoms with E-state index in [1.165, 1.54) is 24.8 Å². The first-order valence-corrected chi connectivity index (χ1v) is 12.9. The van der Waals surface area contributed by atoms with Gasteiger partial charge in [0.25, 0.3) is 0 Å². The fourth-order valence-electron chi connectivity index (χ4n) is 4.61. The zero-order valence-electron chi connectivity index (χ0n) is 21.8. The van der Waals surface area contributed by atoms with E-state index < -0.39 is 0 Å². The zero-order chi connectivity index (χ0) is 28.3. The van der Waals surface area contributed by atoms with Crippen molar-refractivity contribution in [3.63, 3.8) is 0 Å². The highest BCUT2D eigenvalue weighted by Crippen LogP contribution is 2.33. The number of nitrogens with zero attached hydrogens (tertiary/aromatic N) is 7. The van der Waals surface area contributed by atoms with Gasteiger partial charge in [0.1, 0.15) is 29.8 Å². The van der Waals surface area contributed by atoms with Crippen molar-refractivity contribution in [2.75, 3.05) is 0 Å². The van der Waals surface area contributed by atoms with Crippen LogP contribution in [0.5, 0.6) is 0 Å². The zero-order valence-corrected chi connectivity index (χ0v) is 21.8. The van der Waals surface area contributed by atoms with E-state index in [0.717, 1.165) is 50.4 Å². The fraction of sp³-hybridized carbons (Fsp3) is 0. The predicted molar refractivity (Wildman–Crippen MR) is 155 cm³/mol. The van der Waals surface area contributed by atoms with Crippen LogP contribution in [0.3, 0.4) is 0 Å². The molecule has 0 aliphatic heterocycles. The van der Waals surface area contributed by atoms with Gasteiger partial charge in [0, 0.05) is 46.1 Å². The van der Waals surface area contributed by atoms with Gasteiger partial charge in [0.05, 0.1) is 29.5 Å². The van der Waals surface area contributed by atoms with Crippen LogP contribution in [0.4, 0.5) is 4.39 Å². The van der Waals surface area contributed by atoms with E-state index in [9.17, 15) is 4.39 Å². The Morgan fingerprint density at radius 2 is 1.48 bits per heavy atom. The topological polar surface area (TPSA) is 135 Å². The van der Waals surface area contributed by atoms with Crippen LogP contribution >= 0.6 is 0 Å². The molecule has 11 heteroatoms. The first kappa shape index (κ1) is 24.9. The summed E-state index contributed by atoms with van der Waals surface area (Å²) in [5.74, 6) is 0.410. The van der Waals surface area contributed by atoms with Crippen LogP contribution in [0.25, 0.3) is 67.3 Å². The summed E-state index contributed by atoms with van der Waals surface area (Å²) in [7, 11) is 0. The monoisotopic (exact) mass is 553 g/mol. The number of hydrogen-bond donors (Lipinski definition) is 2. The van der Waals surface area contributed by atoms with E-state index in [0.29, 0.717) is 16.9 Å². The molecule has 0 atom stereocenters. The van der Waals surface area contributed by atoms with Crippen LogP contribution < -0.4 is 0 Å². The lowest BCUT2D eigenvalue weighted by Gasteiger charge is -2.09. The Bertz CT molecular complexity index is 2110. The Kier molecular flexibility index (Phi) is 6.41. The number of H-pyrrole nitrogens is 2. The number of aromatic amines is 2. The fourth-order valence-corrected chi connectivity index (χ4v) is 4.61. The number of pyridine rings is 2. The average Bonchev–Trinajstić information content (AvgIpc) is 3.83. The van der Waals surface area contributed by atoms with E-state index in [-0.39, 0.29) is 5.82 Å². The summed E-state index contributed by atoms with van der Waals surface area (Å²) < 4.78 is 19.1. The number of hydrogen-bond acceptors (Lipinski definition) is 8. The van der Waals surface area contributed by atoms with Crippen LogP contribution in [0, 0.1) is 5.82 Å². The lowest BCUT2D eigenvalue weighted by Crippen LogP contribution is -1.93. The van der Waals surface area contributed by atoms with Crippen LogP contribution in [-0.4, -0.2) is 45.1 Å². The van der Waals surface area contributed by atoms with Gasteiger partial charge in [-0.3, -0.25) is 5.10 Å². The highest BCUT2D eigenvalue weighted by molar-refractivity contribution is 5.89. The summed E-state index contributed by atoms with van der Waals surface area (Å²) in [6.07, 6.45) is 11.6. The van der Waals surface area contributed by atoms with E-state index >= 15 is 0 Å². The van der Waals surface area contributed by atoms with Crippen molar-refractivity contribution >= 4 is 22.1 Å². The average molecular weight is 554 g/mol. The van der Waals surface area contributed by atoms with Crippen molar-refractivity contribution in [2.45, 2.75) is 0 Å². The lowest BCUT2D eigenvalue weighted by molar-refractivity contribution is 0.580. The summed E-state index contributed by atoms with van der Waals surface area (Å²) in [6.45, 7) is 0. The van der Waals surface area contributed by atoms with Gasteiger partial charge in [0.15, 0.2) is 11.4 Å². The maximum absolute atomic E-state index is 13.6. The summed E-state index contributed by atoms with van der Waals surface area (Å²) >= 11 is 0. The maximum Gasteiger partial charge on any atom is 0.155 e. The van der Waals surface area contributed by atoms with Crippen LogP contribution in [-0.2, 0) is 0 Å². The minimum atomic E-state index is -0.308. The smallest absolute Gasteiger partial charge is 0.155 e. The van der Waals surface area contributed by atoms with Gasteiger partial charge in [-0.15, -0.1) is 0 Å². The molecule has 1 aromatic carbocycles. The van der Waals surface area contributed by atoms with Crippen LogP contribution in [0.2, 0.25) is 0 Å². The molecule has 202 valence electrons. The third-order valence-electron chi connectivity index (χ3n) is 6.53.